The summed E-state index contributed by atoms with van der Waals surface area (Å²) in [6.07, 6.45) is -1.44. The van der Waals surface area contributed by atoms with Crippen LogP contribution in [-0.4, -0.2) is 90.2 Å². The van der Waals surface area contributed by atoms with Gasteiger partial charge in [0.05, 0.1) is 37.5 Å². The summed E-state index contributed by atoms with van der Waals surface area (Å²) in [7, 11) is 0. The number of hydroxylamine groups is 3. The predicted octanol–water partition coefficient (Wildman–Crippen LogP) is 4.23. The van der Waals surface area contributed by atoms with E-state index >= 15 is 0 Å². The zero-order chi connectivity index (χ0) is 35.7. The van der Waals surface area contributed by atoms with Crippen molar-refractivity contribution < 1.29 is 38.7 Å². The maximum Gasteiger partial charge on any atom is 0.407 e. The number of rotatable bonds is 14. The van der Waals surface area contributed by atoms with E-state index in [1.807, 2.05) is 78.9 Å². The molecule has 5 atom stereocenters. The molecule has 0 saturated carbocycles. The molecule has 0 aromatic heterocycles. The van der Waals surface area contributed by atoms with Crippen molar-refractivity contribution in [3.63, 3.8) is 0 Å². The zero-order valence-corrected chi connectivity index (χ0v) is 29.3. The largest absolute Gasteiger partial charge is 0.633 e. The van der Waals surface area contributed by atoms with Crippen molar-refractivity contribution in [1.82, 2.24) is 10.6 Å². The molecule has 3 aromatic carbocycles. The van der Waals surface area contributed by atoms with Crippen LogP contribution in [0.2, 0.25) is 0 Å². The third-order valence-corrected chi connectivity index (χ3v) is 9.32. The highest BCUT2D eigenvalue weighted by molar-refractivity contribution is 5.80. The van der Waals surface area contributed by atoms with Crippen molar-refractivity contribution in [3.05, 3.63) is 106 Å². The van der Waals surface area contributed by atoms with Gasteiger partial charge in [-0.1, -0.05) is 66.7 Å². The van der Waals surface area contributed by atoms with E-state index < -0.39 is 41.9 Å². The van der Waals surface area contributed by atoms with Crippen molar-refractivity contribution in [3.8, 4) is 5.75 Å². The molecule has 0 radical (unpaired) electrons. The lowest BCUT2D eigenvalue weighted by Crippen LogP contribution is -2.52. The number of fused-ring (bicyclic) bond motifs is 1. The average molecular weight is 690 g/mol. The Balaban J connectivity index is 1.31. The van der Waals surface area contributed by atoms with E-state index in [4.69, 9.17) is 14.2 Å². The monoisotopic (exact) mass is 689 g/mol. The highest BCUT2D eigenvalue weighted by atomic mass is 16.6. The van der Waals surface area contributed by atoms with Gasteiger partial charge in [-0.2, -0.15) is 0 Å². The smallest absolute Gasteiger partial charge is 0.407 e. The molecule has 1 aliphatic carbocycles. The van der Waals surface area contributed by atoms with Gasteiger partial charge in [0.15, 0.2) is 0 Å². The Hall–Kier alpha value is -4.00. The quantitative estimate of drug-likeness (QED) is 0.145. The number of quaternary nitrogens is 1. The van der Waals surface area contributed by atoms with Gasteiger partial charge in [0, 0.05) is 12.3 Å². The minimum absolute atomic E-state index is 0.0368. The summed E-state index contributed by atoms with van der Waals surface area (Å²) in [6.45, 7) is 7.67. The number of hydrogen-bond acceptors (Lipinski definition) is 8. The SMILES string of the molecule is CC(C)(C)OC(=O)N[C@@H](Cc1ccccc1)[C@@H](O)C[C@H](Cc1ccc(OCC[N+]2([O-])CCOCC2)cc1)C(=O)NC1c2ccccc2C[C@H]1O. The molecule has 1 saturated heterocycles. The average Bonchev–Trinajstić information content (AvgIpc) is 3.39. The normalized spacial score (nSPS) is 20.2. The fourth-order valence-corrected chi connectivity index (χ4v) is 6.60. The van der Waals surface area contributed by atoms with Crippen LogP contribution in [0.1, 0.15) is 55.5 Å². The van der Waals surface area contributed by atoms with Gasteiger partial charge in [0.25, 0.3) is 0 Å². The van der Waals surface area contributed by atoms with E-state index in [9.17, 15) is 25.0 Å². The Bertz CT molecular complexity index is 1540. The van der Waals surface area contributed by atoms with Crippen molar-refractivity contribution in [2.45, 2.75) is 76.3 Å². The Morgan fingerprint density at radius 3 is 2.32 bits per heavy atom. The van der Waals surface area contributed by atoms with Crippen LogP contribution in [0.5, 0.6) is 5.75 Å². The van der Waals surface area contributed by atoms with Gasteiger partial charge in [-0.15, -0.1) is 0 Å². The first kappa shape index (κ1) is 37.3. The molecule has 270 valence electrons. The van der Waals surface area contributed by atoms with Gasteiger partial charge in [0.2, 0.25) is 5.91 Å². The number of aliphatic hydroxyl groups excluding tert-OH is 2. The van der Waals surface area contributed by atoms with E-state index in [1.165, 1.54) is 0 Å². The first-order valence-electron chi connectivity index (χ1n) is 17.5. The predicted molar refractivity (Wildman–Crippen MR) is 189 cm³/mol. The first-order valence-corrected chi connectivity index (χ1v) is 17.5. The molecular formula is C39H51N3O8. The van der Waals surface area contributed by atoms with Gasteiger partial charge < -0.3 is 44.9 Å². The number of benzene rings is 3. The van der Waals surface area contributed by atoms with Crippen LogP contribution >= 0.6 is 0 Å². The Labute approximate surface area is 294 Å². The molecule has 0 bridgehead atoms. The second-order valence-corrected chi connectivity index (χ2v) is 14.4. The molecular weight excluding hydrogens is 638 g/mol. The number of nitrogens with one attached hydrogen (secondary N) is 2. The lowest BCUT2D eigenvalue weighted by molar-refractivity contribution is -0.888. The lowest BCUT2D eigenvalue weighted by Gasteiger charge is -2.44. The van der Waals surface area contributed by atoms with Crippen LogP contribution in [0.15, 0.2) is 78.9 Å². The summed E-state index contributed by atoms with van der Waals surface area (Å²) >= 11 is 0. The molecule has 0 spiro atoms. The highest BCUT2D eigenvalue weighted by Gasteiger charge is 2.35. The number of aliphatic hydroxyl groups is 2. The van der Waals surface area contributed by atoms with Crippen molar-refractivity contribution in [1.29, 1.82) is 0 Å². The fraction of sp³-hybridized carbons (Fsp3) is 0.487. The van der Waals surface area contributed by atoms with Gasteiger partial charge in [0.1, 0.15) is 37.6 Å². The molecule has 11 nitrogen and oxygen atoms in total. The minimum Gasteiger partial charge on any atom is -0.633 e. The van der Waals surface area contributed by atoms with Crippen molar-refractivity contribution >= 4 is 12.0 Å². The number of carbonyl (C=O) groups excluding carboxylic acids is 2. The molecule has 2 aliphatic rings. The number of alkyl carbamates (subject to hydrolysis) is 1. The molecule has 1 fully saturated rings. The number of hydrogen-bond donors (Lipinski definition) is 4. The number of carbonyl (C=O) groups is 2. The molecule has 50 heavy (non-hydrogen) atoms. The molecule has 2 amide bonds. The molecule has 3 aromatic rings. The van der Waals surface area contributed by atoms with Crippen LogP contribution in [-0.2, 0) is 33.5 Å². The molecule has 11 heteroatoms. The maximum atomic E-state index is 14.1. The minimum atomic E-state index is -1.11. The topological polar surface area (TPSA) is 149 Å². The van der Waals surface area contributed by atoms with Crippen LogP contribution in [0.4, 0.5) is 4.79 Å². The summed E-state index contributed by atoms with van der Waals surface area (Å²) in [5.74, 6) is -0.401. The third-order valence-electron chi connectivity index (χ3n) is 9.32. The van der Waals surface area contributed by atoms with E-state index in [0.717, 1.165) is 22.3 Å². The van der Waals surface area contributed by atoms with Crippen LogP contribution in [0, 0.1) is 11.1 Å². The van der Waals surface area contributed by atoms with Gasteiger partial charge >= 0.3 is 6.09 Å². The second-order valence-electron chi connectivity index (χ2n) is 14.4. The number of amides is 2. The van der Waals surface area contributed by atoms with Gasteiger partial charge in [-0.25, -0.2) is 4.79 Å². The Morgan fingerprint density at radius 2 is 1.62 bits per heavy atom. The van der Waals surface area contributed by atoms with E-state index in [1.54, 1.807) is 20.8 Å². The third kappa shape index (κ3) is 10.7. The van der Waals surface area contributed by atoms with Crippen LogP contribution in [0.3, 0.4) is 0 Å². The van der Waals surface area contributed by atoms with Crippen LogP contribution in [0.25, 0.3) is 0 Å². The fourth-order valence-electron chi connectivity index (χ4n) is 6.60. The zero-order valence-electron chi connectivity index (χ0n) is 29.3. The standard InChI is InChI=1S/C39H51N3O8/c1-39(2,3)50-38(46)40-33(24-27-9-5-4-6-10-27)34(43)26-30(37(45)41-36-32-12-8-7-11-29(32)25-35(36)44)23-28-13-15-31(16-14-28)49-22-19-42(47)17-20-48-21-18-42/h4-16,30,33-36,43-44H,17-26H2,1-3H3,(H,40,46)(H,41,45)/t30-,33-,34-,35+,36?/m0/s1. The summed E-state index contributed by atoms with van der Waals surface area (Å²) < 4.78 is 16.4. The van der Waals surface area contributed by atoms with Crippen molar-refractivity contribution in [2.75, 3.05) is 39.5 Å². The Kier molecular flexibility index (Phi) is 12.5. The summed E-state index contributed by atoms with van der Waals surface area (Å²) in [5, 5.41) is 41.3. The lowest BCUT2D eigenvalue weighted by atomic mass is 9.88. The molecule has 4 N–H and O–H groups in total. The maximum absolute atomic E-state index is 14.1. The molecule has 1 heterocycles. The van der Waals surface area contributed by atoms with Crippen LogP contribution < -0.4 is 15.4 Å². The molecule has 1 unspecified atom stereocenters. The number of nitrogens with zero attached hydrogens (tertiary/aromatic N) is 1. The molecule has 1 aliphatic heterocycles. The first-order chi connectivity index (χ1) is 23.9. The van der Waals surface area contributed by atoms with E-state index in [2.05, 4.69) is 10.6 Å². The van der Waals surface area contributed by atoms with E-state index in [-0.39, 0.29) is 23.6 Å². The summed E-state index contributed by atoms with van der Waals surface area (Å²) in [6, 6.07) is 23.2. The van der Waals surface area contributed by atoms with Crippen molar-refractivity contribution in [2.24, 2.45) is 5.92 Å². The summed E-state index contributed by atoms with van der Waals surface area (Å²) in [5.41, 5.74) is 2.89. The molecule has 5 rings (SSSR count). The van der Waals surface area contributed by atoms with Gasteiger partial charge in [-0.3, -0.25) is 4.79 Å². The number of morpholine rings is 1. The summed E-state index contributed by atoms with van der Waals surface area (Å²) in [4.78, 5) is 26.9. The Morgan fingerprint density at radius 1 is 0.960 bits per heavy atom. The highest BCUT2D eigenvalue weighted by Crippen LogP contribution is 2.32. The van der Waals surface area contributed by atoms with Gasteiger partial charge in [-0.05, 0) is 74.4 Å². The second kappa shape index (κ2) is 16.8. The van der Waals surface area contributed by atoms with E-state index in [0.29, 0.717) is 57.9 Å². The number of ether oxygens (including phenoxy) is 3.